The van der Waals surface area contributed by atoms with E-state index in [-0.39, 0.29) is 5.91 Å². The molecule has 1 unspecified atom stereocenters. The van der Waals surface area contributed by atoms with E-state index in [0.29, 0.717) is 18.4 Å². The number of carbonyl (C=O) groups is 2. The molecule has 0 saturated carbocycles. The summed E-state index contributed by atoms with van der Waals surface area (Å²) in [7, 11) is 0. The minimum absolute atomic E-state index is 0.374. The van der Waals surface area contributed by atoms with E-state index in [0.717, 1.165) is 16.5 Å². The van der Waals surface area contributed by atoms with E-state index in [1.165, 1.54) is 18.3 Å². The van der Waals surface area contributed by atoms with Crippen LogP contribution in [0.3, 0.4) is 0 Å². The van der Waals surface area contributed by atoms with Gasteiger partial charge in [0.1, 0.15) is 5.54 Å². The quantitative estimate of drug-likeness (QED) is 0.850. The third kappa shape index (κ3) is 3.29. The number of hydrogen-bond donors (Lipinski definition) is 2. The molecule has 0 aromatic carbocycles. The monoisotopic (exact) mass is 335 g/mol. The van der Waals surface area contributed by atoms with Crippen molar-refractivity contribution in [1.29, 1.82) is 0 Å². The fraction of sp³-hybridized carbons (Fsp3) is 0.438. The highest BCUT2D eigenvalue weighted by atomic mass is 32.1. The van der Waals surface area contributed by atoms with Crippen molar-refractivity contribution in [3.63, 3.8) is 0 Å². The SMILES string of the molecule is CCCC(C)(NC(=O)c1cc(C)n(-c2nccs2)c1C)C(=O)O. The maximum Gasteiger partial charge on any atom is 0.329 e. The van der Waals surface area contributed by atoms with E-state index in [1.54, 1.807) is 12.3 Å². The number of aromatic nitrogens is 2. The second-order valence-electron chi connectivity index (χ2n) is 5.78. The maximum atomic E-state index is 12.6. The number of aliphatic carboxylic acids is 1. The van der Waals surface area contributed by atoms with Gasteiger partial charge in [-0.1, -0.05) is 13.3 Å². The van der Waals surface area contributed by atoms with Crippen LogP contribution in [-0.4, -0.2) is 32.1 Å². The second-order valence-corrected chi connectivity index (χ2v) is 6.65. The number of carbonyl (C=O) groups excluding carboxylic acids is 1. The predicted octanol–water partition coefficient (Wildman–Crippen LogP) is 2.92. The Morgan fingerprint density at radius 2 is 2.13 bits per heavy atom. The van der Waals surface area contributed by atoms with Crippen LogP contribution in [-0.2, 0) is 4.79 Å². The van der Waals surface area contributed by atoms with E-state index < -0.39 is 11.5 Å². The predicted molar refractivity (Wildman–Crippen MR) is 89.3 cm³/mol. The Hall–Kier alpha value is -2.15. The fourth-order valence-corrected chi connectivity index (χ4v) is 3.41. The van der Waals surface area contributed by atoms with E-state index in [1.807, 2.05) is 30.7 Å². The number of thiazole rings is 1. The van der Waals surface area contributed by atoms with Crippen molar-refractivity contribution in [3.8, 4) is 5.13 Å². The zero-order valence-electron chi connectivity index (χ0n) is 13.7. The summed E-state index contributed by atoms with van der Waals surface area (Å²) in [6, 6.07) is 1.76. The lowest BCUT2D eigenvalue weighted by Gasteiger charge is -2.25. The van der Waals surface area contributed by atoms with Crippen LogP contribution in [0.4, 0.5) is 0 Å². The molecule has 0 aliphatic rings. The van der Waals surface area contributed by atoms with Crippen molar-refractivity contribution in [1.82, 2.24) is 14.9 Å². The van der Waals surface area contributed by atoms with Crippen LogP contribution >= 0.6 is 11.3 Å². The third-order valence-electron chi connectivity index (χ3n) is 3.90. The second kappa shape index (κ2) is 6.54. The van der Waals surface area contributed by atoms with E-state index >= 15 is 0 Å². The molecule has 2 heterocycles. The van der Waals surface area contributed by atoms with Crippen LogP contribution in [0, 0.1) is 13.8 Å². The molecule has 0 aliphatic heterocycles. The first kappa shape index (κ1) is 17.2. The number of rotatable bonds is 6. The van der Waals surface area contributed by atoms with Crippen molar-refractivity contribution >= 4 is 23.2 Å². The minimum atomic E-state index is -1.27. The molecule has 1 amide bonds. The third-order valence-corrected chi connectivity index (χ3v) is 4.65. The summed E-state index contributed by atoms with van der Waals surface area (Å²) >= 11 is 1.48. The standard InChI is InChI=1S/C16H21N3O3S/c1-5-6-16(4,14(21)22)18-13(20)12-9-10(2)19(11(12)3)15-17-7-8-23-15/h7-9H,5-6H2,1-4H3,(H,18,20)(H,21,22). The van der Waals surface area contributed by atoms with Crippen molar-refractivity contribution in [3.05, 3.63) is 34.6 Å². The Morgan fingerprint density at radius 1 is 1.43 bits per heavy atom. The normalized spacial score (nSPS) is 13.6. The lowest BCUT2D eigenvalue weighted by Crippen LogP contribution is -2.52. The fourth-order valence-electron chi connectivity index (χ4n) is 2.65. The highest BCUT2D eigenvalue weighted by Crippen LogP contribution is 2.23. The summed E-state index contributed by atoms with van der Waals surface area (Å²) in [5.41, 5.74) is 0.839. The lowest BCUT2D eigenvalue weighted by molar-refractivity contribution is -0.144. The number of aryl methyl sites for hydroxylation is 1. The van der Waals surface area contributed by atoms with Gasteiger partial charge in [0.2, 0.25) is 0 Å². The molecule has 6 nitrogen and oxygen atoms in total. The van der Waals surface area contributed by atoms with Gasteiger partial charge in [0.25, 0.3) is 5.91 Å². The van der Waals surface area contributed by atoms with Crippen LogP contribution < -0.4 is 5.32 Å². The first-order valence-electron chi connectivity index (χ1n) is 7.45. The number of carboxylic acid groups (broad SMARTS) is 1. The summed E-state index contributed by atoms with van der Waals surface area (Å²) in [5, 5.41) is 14.7. The molecule has 23 heavy (non-hydrogen) atoms. The van der Waals surface area contributed by atoms with Gasteiger partial charge in [0, 0.05) is 23.0 Å². The Balaban J connectivity index is 2.34. The van der Waals surface area contributed by atoms with Crippen molar-refractivity contribution in [2.75, 3.05) is 0 Å². The summed E-state index contributed by atoms with van der Waals surface area (Å²) in [5.74, 6) is -1.40. The van der Waals surface area contributed by atoms with Gasteiger partial charge in [-0.3, -0.25) is 9.36 Å². The average Bonchev–Trinajstić information content (AvgIpc) is 3.07. The van der Waals surface area contributed by atoms with Gasteiger partial charge in [-0.2, -0.15) is 0 Å². The summed E-state index contributed by atoms with van der Waals surface area (Å²) in [6.45, 7) is 7.16. The summed E-state index contributed by atoms with van der Waals surface area (Å²) in [4.78, 5) is 28.4. The van der Waals surface area contributed by atoms with Crippen molar-refractivity contribution < 1.29 is 14.7 Å². The number of nitrogens with zero attached hydrogens (tertiary/aromatic N) is 2. The van der Waals surface area contributed by atoms with Gasteiger partial charge in [-0.05, 0) is 33.3 Å². The van der Waals surface area contributed by atoms with Crippen LogP contribution in [0.15, 0.2) is 17.6 Å². The Bertz CT molecular complexity index is 721. The molecule has 0 fully saturated rings. The zero-order valence-corrected chi connectivity index (χ0v) is 14.5. The van der Waals surface area contributed by atoms with Gasteiger partial charge in [0.15, 0.2) is 5.13 Å². The van der Waals surface area contributed by atoms with Crippen molar-refractivity contribution in [2.45, 2.75) is 46.1 Å². The van der Waals surface area contributed by atoms with Crippen molar-refractivity contribution in [2.24, 2.45) is 0 Å². The molecule has 1 atom stereocenters. The van der Waals surface area contributed by atoms with E-state index in [4.69, 9.17) is 0 Å². The minimum Gasteiger partial charge on any atom is -0.480 e. The Kier molecular flexibility index (Phi) is 4.89. The van der Waals surface area contributed by atoms with Crippen LogP contribution in [0.5, 0.6) is 0 Å². The van der Waals surface area contributed by atoms with Gasteiger partial charge in [0.05, 0.1) is 5.56 Å². The lowest BCUT2D eigenvalue weighted by atomic mass is 9.96. The number of amides is 1. The molecule has 0 aliphatic carbocycles. The first-order chi connectivity index (χ1) is 10.8. The molecule has 0 saturated heterocycles. The zero-order chi connectivity index (χ0) is 17.2. The highest BCUT2D eigenvalue weighted by molar-refractivity contribution is 7.12. The molecule has 2 N–H and O–H groups in total. The average molecular weight is 335 g/mol. The molecule has 2 aromatic rings. The molecule has 7 heteroatoms. The van der Waals surface area contributed by atoms with E-state index in [2.05, 4.69) is 10.3 Å². The Morgan fingerprint density at radius 3 is 2.65 bits per heavy atom. The topological polar surface area (TPSA) is 84.2 Å². The first-order valence-corrected chi connectivity index (χ1v) is 8.33. The van der Waals surface area contributed by atoms with E-state index in [9.17, 15) is 14.7 Å². The van der Waals surface area contributed by atoms with Gasteiger partial charge in [-0.15, -0.1) is 11.3 Å². The number of nitrogens with one attached hydrogen (secondary N) is 1. The van der Waals surface area contributed by atoms with Crippen LogP contribution in [0.2, 0.25) is 0 Å². The molecule has 2 aromatic heterocycles. The molecule has 124 valence electrons. The number of carboxylic acids is 1. The molecular weight excluding hydrogens is 314 g/mol. The van der Waals surface area contributed by atoms with Gasteiger partial charge >= 0.3 is 5.97 Å². The summed E-state index contributed by atoms with van der Waals surface area (Å²) < 4.78 is 1.90. The molecule has 0 spiro atoms. The highest BCUT2D eigenvalue weighted by Gasteiger charge is 2.34. The molecule has 0 bridgehead atoms. The molecule has 0 radical (unpaired) electrons. The largest absolute Gasteiger partial charge is 0.480 e. The summed E-state index contributed by atoms with van der Waals surface area (Å²) in [6.07, 6.45) is 2.75. The number of hydrogen-bond acceptors (Lipinski definition) is 4. The smallest absolute Gasteiger partial charge is 0.329 e. The van der Waals surface area contributed by atoms with Gasteiger partial charge < -0.3 is 10.4 Å². The Labute approximate surface area is 139 Å². The van der Waals surface area contributed by atoms with Crippen LogP contribution in [0.25, 0.3) is 5.13 Å². The maximum absolute atomic E-state index is 12.6. The van der Waals surface area contributed by atoms with Crippen LogP contribution in [0.1, 0.15) is 48.4 Å². The molecule has 2 rings (SSSR count). The van der Waals surface area contributed by atoms with Gasteiger partial charge in [-0.25, -0.2) is 9.78 Å². The molecular formula is C16H21N3O3S.